The molecule has 110 valence electrons. The van der Waals surface area contributed by atoms with Gasteiger partial charge < -0.3 is 10.4 Å². The monoisotopic (exact) mass is 299 g/mol. The van der Waals surface area contributed by atoms with Gasteiger partial charge in [0.25, 0.3) is 0 Å². The predicted octanol–water partition coefficient (Wildman–Crippen LogP) is 1.08. The molecule has 1 aromatic carbocycles. The van der Waals surface area contributed by atoms with Crippen LogP contribution < -0.4 is 5.32 Å². The van der Waals surface area contributed by atoms with Crippen LogP contribution in [0.3, 0.4) is 0 Å². The number of anilines is 1. The molecule has 0 radical (unpaired) electrons. The normalized spacial score (nSPS) is 12.7. The second-order valence-electron chi connectivity index (χ2n) is 4.38. The van der Waals surface area contributed by atoms with Crippen molar-refractivity contribution in [1.29, 1.82) is 0 Å². The molecule has 7 heteroatoms. The summed E-state index contributed by atoms with van der Waals surface area (Å²) in [5, 5.41) is 9.57. The number of benzene rings is 1. The van der Waals surface area contributed by atoms with E-state index in [0.717, 1.165) is 12.0 Å². The topological polar surface area (TPSA) is 101 Å². The zero-order chi connectivity index (χ0) is 15.3. The van der Waals surface area contributed by atoms with Crippen LogP contribution in [0.4, 0.5) is 5.69 Å². The summed E-state index contributed by atoms with van der Waals surface area (Å²) in [5.74, 6) is -3.27. The maximum atomic E-state index is 11.8. The van der Waals surface area contributed by atoms with E-state index in [9.17, 15) is 18.0 Å². The summed E-state index contributed by atoms with van der Waals surface area (Å²) in [7, 11) is -4.00. The molecular formula is C13H17NO5S. The first-order chi connectivity index (χ1) is 9.26. The molecule has 1 rings (SSSR count). The summed E-state index contributed by atoms with van der Waals surface area (Å²) in [6.07, 6.45) is 0.859. The molecule has 0 spiro atoms. The largest absolute Gasteiger partial charge is 0.480 e. The molecule has 1 atom stereocenters. The second kappa shape index (κ2) is 6.51. The van der Waals surface area contributed by atoms with Gasteiger partial charge in [-0.3, -0.25) is 9.59 Å². The Labute approximate surface area is 117 Å². The summed E-state index contributed by atoms with van der Waals surface area (Å²) in [5.41, 5.74) is 1.57. The van der Waals surface area contributed by atoms with E-state index in [1.165, 1.54) is 6.92 Å². The molecule has 6 nitrogen and oxygen atoms in total. The van der Waals surface area contributed by atoms with Crippen LogP contribution in [0.1, 0.15) is 19.4 Å². The number of carbonyl (C=O) groups excluding carboxylic acids is 1. The van der Waals surface area contributed by atoms with E-state index in [-0.39, 0.29) is 0 Å². The minimum Gasteiger partial charge on any atom is -0.480 e. The van der Waals surface area contributed by atoms with E-state index in [1.54, 1.807) is 12.1 Å². The summed E-state index contributed by atoms with van der Waals surface area (Å²) in [6.45, 7) is 3.17. The molecule has 0 saturated heterocycles. The Hall–Kier alpha value is -1.89. The van der Waals surface area contributed by atoms with Crippen LogP contribution in [0.15, 0.2) is 24.3 Å². The number of carboxylic acid groups (broad SMARTS) is 1. The summed E-state index contributed by atoms with van der Waals surface area (Å²) < 4.78 is 23.3. The van der Waals surface area contributed by atoms with Gasteiger partial charge in [0.05, 0.1) is 0 Å². The molecule has 0 fully saturated rings. The Bertz CT molecular complexity index is 592. The SMILES string of the molecule is CCc1ccc(NC(=O)C(C)S(=O)(=O)CC(=O)O)cc1. The Balaban J connectivity index is 2.77. The number of sulfone groups is 1. The van der Waals surface area contributed by atoms with Gasteiger partial charge in [-0.1, -0.05) is 19.1 Å². The maximum Gasteiger partial charge on any atom is 0.318 e. The molecule has 0 heterocycles. The standard InChI is InChI=1S/C13H17NO5S/c1-3-10-4-6-11(7-5-10)14-13(17)9(2)20(18,19)8-12(15)16/h4-7,9H,3,8H2,1-2H3,(H,14,17)(H,15,16). The Morgan fingerprint density at radius 3 is 2.25 bits per heavy atom. The number of rotatable bonds is 6. The molecule has 2 N–H and O–H groups in total. The molecule has 1 aromatic rings. The predicted molar refractivity (Wildman–Crippen MR) is 75.3 cm³/mol. The van der Waals surface area contributed by atoms with Gasteiger partial charge in [0.1, 0.15) is 11.0 Å². The Morgan fingerprint density at radius 2 is 1.80 bits per heavy atom. The molecule has 20 heavy (non-hydrogen) atoms. The van der Waals surface area contributed by atoms with Crippen molar-refractivity contribution in [3.8, 4) is 0 Å². The van der Waals surface area contributed by atoms with Crippen LogP contribution in [0, 0.1) is 0 Å². The number of hydrogen-bond acceptors (Lipinski definition) is 4. The lowest BCUT2D eigenvalue weighted by Crippen LogP contribution is -2.35. The highest BCUT2D eigenvalue weighted by molar-refractivity contribution is 7.93. The van der Waals surface area contributed by atoms with Gasteiger partial charge in [-0.15, -0.1) is 0 Å². The smallest absolute Gasteiger partial charge is 0.318 e. The zero-order valence-electron chi connectivity index (χ0n) is 11.3. The van der Waals surface area contributed by atoms with E-state index < -0.39 is 32.7 Å². The number of hydrogen-bond donors (Lipinski definition) is 2. The summed E-state index contributed by atoms with van der Waals surface area (Å²) >= 11 is 0. The van der Waals surface area contributed by atoms with Gasteiger partial charge in [-0.2, -0.15) is 0 Å². The third kappa shape index (κ3) is 4.34. The molecule has 1 amide bonds. The highest BCUT2D eigenvalue weighted by atomic mass is 32.2. The van der Waals surface area contributed by atoms with Crippen molar-refractivity contribution in [2.75, 3.05) is 11.1 Å². The van der Waals surface area contributed by atoms with Crippen LogP contribution in [0.25, 0.3) is 0 Å². The molecule has 0 saturated carbocycles. The fourth-order valence-corrected chi connectivity index (χ4v) is 2.51. The number of amides is 1. The molecule has 0 bridgehead atoms. The van der Waals surface area contributed by atoms with Crippen molar-refractivity contribution in [3.05, 3.63) is 29.8 Å². The second-order valence-corrected chi connectivity index (χ2v) is 6.70. The van der Waals surface area contributed by atoms with Crippen LogP contribution >= 0.6 is 0 Å². The highest BCUT2D eigenvalue weighted by Gasteiger charge is 2.30. The number of aryl methyl sites for hydroxylation is 1. The lowest BCUT2D eigenvalue weighted by atomic mass is 10.1. The number of carbonyl (C=O) groups is 2. The molecular weight excluding hydrogens is 282 g/mol. The van der Waals surface area contributed by atoms with Crippen molar-refractivity contribution >= 4 is 27.4 Å². The number of carboxylic acids is 1. The molecule has 0 aliphatic heterocycles. The average Bonchev–Trinajstić information content (AvgIpc) is 2.37. The molecule has 0 aliphatic rings. The van der Waals surface area contributed by atoms with Gasteiger partial charge in [0.15, 0.2) is 9.84 Å². The fraction of sp³-hybridized carbons (Fsp3) is 0.385. The van der Waals surface area contributed by atoms with E-state index in [4.69, 9.17) is 5.11 Å². The molecule has 0 aliphatic carbocycles. The Morgan fingerprint density at radius 1 is 1.25 bits per heavy atom. The highest BCUT2D eigenvalue weighted by Crippen LogP contribution is 2.12. The first-order valence-electron chi connectivity index (χ1n) is 6.09. The minimum absolute atomic E-state index is 0.476. The van der Waals surface area contributed by atoms with Crippen LogP contribution in [0.2, 0.25) is 0 Å². The minimum atomic E-state index is -4.00. The first-order valence-corrected chi connectivity index (χ1v) is 7.81. The number of aliphatic carboxylic acids is 1. The average molecular weight is 299 g/mol. The summed E-state index contributed by atoms with van der Waals surface area (Å²) in [6, 6.07) is 7.00. The van der Waals surface area contributed by atoms with Crippen LogP contribution in [-0.4, -0.2) is 36.4 Å². The van der Waals surface area contributed by atoms with E-state index in [1.807, 2.05) is 19.1 Å². The van der Waals surface area contributed by atoms with Gasteiger partial charge in [0, 0.05) is 5.69 Å². The van der Waals surface area contributed by atoms with E-state index >= 15 is 0 Å². The molecule has 0 aromatic heterocycles. The summed E-state index contributed by atoms with van der Waals surface area (Å²) in [4.78, 5) is 22.3. The quantitative estimate of drug-likeness (QED) is 0.818. The lowest BCUT2D eigenvalue weighted by molar-refractivity contribution is -0.134. The zero-order valence-corrected chi connectivity index (χ0v) is 12.1. The van der Waals surface area contributed by atoms with Gasteiger partial charge in [-0.05, 0) is 31.0 Å². The fourth-order valence-electron chi connectivity index (χ4n) is 1.53. The Kier molecular flexibility index (Phi) is 5.26. The van der Waals surface area contributed by atoms with Crippen LogP contribution in [-0.2, 0) is 25.8 Å². The van der Waals surface area contributed by atoms with Crippen molar-refractivity contribution < 1.29 is 23.1 Å². The number of nitrogens with one attached hydrogen (secondary N) is 1. The van der Waals surface area contributed by atoms with E-state index in [2.05, 4.69) is 5.32 Å². The van der Waals surface area contributed by atoms with Gasteiger partial charge >= 0.3 is 5.97 Å². The van der Waals surface area contributed by atoms with Gasteiger partial charge in [-0.25, -0.2) is 8.42 Å². The third-order valence-electron chi connectivity index (χ3n) is 2.86. The maximum absolute atomic E-state index is 11.8. The third-order valence-corrected chi connectivity index (χ3v) is 4.80. The van der Waals surface area contributed by atoms with Crippen molar-refractivity contribution in [2.24, 2.45) is 0 Å². The molecule has 1 unspecified atom stereocenters. The van der Waals surface area contributed by atoms with E-state index in [0.29, 0.717) is 5.69 Å². The lowest BCUT2D eigenvalue weighted by Gasteiger charge is -2.12. The first kappa shape index (κ1) is 16.2. The van der Waals surface area contributed by atoms with Crippen molar-refractivity contribution in [3.63, 3.8) is 0 Å². The van der Waals surface area contributed by atoms with Crippen molar-refractivity contribution in [2.45, 2.75) is 25.5 Å². The van der Waals surface area contributed by atoms with Crippen LogP contribution in [0.5, 0.6) is 0 Å². The van der Waals surface area contributed by atoms with Crippen molar-refractivity contribution in [1.82, 2.24) is 0 Å². The van der Waals surface area contributed by atoms with Gasteiger partial charge in [0.2, 0.25) is 5.91 Å².